The van der Waals surface area contributed by atoms with E-state index in [1.807, 2.05) is 0 Å². The van der Waals surface area contributed by atoms with Crippen LogP contribution in [0, 0.1) is 0 Å². The summed E-state index contributed by atoms with van der Waals surface area (Å²) in [4.78, 5) is 0. The standard InChI is InChI=1S/C4H11NO4S.Na.H/c5-1-4-10(7,8)9-3-2-6;;/h6H,1-5H2;;. The molecule has 0 aliphatic heterocycles. The van der Waals surface area contributed by atoms with Gasteiger partial charge in [-0.1, -0.05) is 0 Å². The first-order chi connectivity index (χ1) is 4.62. The first-order valence-corrected chi connectivity index (χ1v) is 4.38. The fourth-order valence-electron chi connectivity index (χ4n) is 0.367. The molecule has 0 aromatic rings. The van der Waals surface area contributed by atoms with Gasteiger partial charge >= 0.3 is 29.6 Å². The molecular formula is C4H12NNaO4S. The molecule has 0 bridgehead atoms. The van der Waals surface area contributed by atoms with Gasteiger partial charge in [0.15, 0.2) is 0 Å². The molecule has 0 aromatic heterocycles. The predicted octanol–water partition coefficient (Wildman–Crippen LogP) is -2.36. The van der Waals surface area contributed by atoms with Crippen molar-refractivity contribution >= 4 is 39.7 Å². The van der Waals surface area contributed by atoms with Gasteiger partial charge in [-0.3, -0.25) is 4.18 Å². The van der Waals surface area contributed by atoms with Crippen molar-refractivity contribution in [1.82, 2.24) is 0 Å². The summed E-state index contributed by atoms with van der Waals surface area (Å²) in [6.07, 6.45) is 0. The number of aliphatic hydroxyl groups excluding tert-OH is 1. The molecule has 7 heteroatoms. The third-order valence-electron chi connectivity index (χ3n) is 0.722. The van der Waals surface area contributed by atoms with Crippen molar-refractivity contribution in [2.75, 3.05) is 25.5 Å². The van der Waals surface area contributed by atoms with Crippen LogP contribution in [0.25, 0.3) is 0 Å². The molecule has 0 aromatic carbocycles. The van der Waals surface area contributed by atoms with E-state index in [1.165, 1.54) is 0 Å². The van der Waals surface area contributed by atoms with Crippen molar-refractivity contribution in [3.8, 4) is 0 Å². The average Bonchev–Trinajstić information content (AvgIpc) is 1.84. The fourth-order valence-corrected chi connectivity index (χ4v) is 1.10. The minimum absolute atomic E-state index is 0. The Balaban J connectivity index is 0. The van der Waals surface area contributed by atoms with Gasteiger partial charge in [-0.05, 0) is 0 Å². The van der Waals surface area contributed by atoms with Gasteiger partial charge in [0.1, 0.15) is 0 Å². The predicted molar refractivity (Wildman–Crippen MR) is 43.0 cm³/mol. The molecule has 64 valence electrons. The molecule has 3 N–H and O–H groups in total. The number of hydrogen-bond acceptors (Lipinski definition) is 5. The van der Waals surface area contributed by atoms with Crippen LogP contribution in [-0.4, -0.2) is 68.6 Å². The van der Waals surface area contributed by atoms with Crippen LogP contribution in [0.3, 0.4) is 0 Å². The van der Waals surface area contributed by atoms with Crippen LogP contribution < -0.4 is 5.73 Å². The molecule has 0 atom stereocenters. The van der Waals surface area contributed by atoms with Crippen molar-refractivity contribution in [3.05, 3.63) is 0 Å². The van der Waals surface area contributed by atoms with Crippen molar-refractivity contribution in [2.24, 2.45) is 5.73 Å². The summed E-state index contributed by atoms with van der Waals surface area (Å²) in [5.74, 6) is -0.201. The molecule has 0 unspecified atom stereocenters. The van der Waals surface area contributed by atoms with E-state index < -0.39 is 10.1 Å². The van der Waals surface area contributed by atoms with Crippen LogP contribution in [-0.2, 0) is 14.3 Å². The summed E-state index contributed by atoms with van der Waals surface area (Å²) >= 11 is 0. The summed E-state index contributed by atoms with van der Waals surface area (Å²) < 4.78 is 25.4. The Hall–Kier alpha value is 0.830. The zero-order valence-electron chi connectivity index (χ0n) is 5.49. The van der Waals surface area contributed by atoms with E-state index >= 15 is 0 Å². The average molecular weight is 193 g/mol. The van der Waals surface area contributed by atoms with Gasteiger partial charge in [-0.2, -0.15) is 8.42 Å². The number of rotatable bonds is 5. The Morgan fingerprint density at radius 2 is 2.00 bits per heavy atom. The van der Waals surface area contributed by atoms with Gasteiger partial charge in [0.2, 0.25) is 0 Å². The van der Waals surface area contributed by atoms with Gasteiger partial charge in [-0.25, -0.2) is 0 Å². The first-order valence-electron chi connectivity index (χ1n) is 2.80. The molecule has 0 amide bonds. The number of nitrogens with two attached hydrogens (primary N) is 1. The Labute approximate surface area is 88.3 Å². The molecule has 0 rings (SSSR count). The van der Waals surface area contributed by atoms with E-state index in [0.717, 1.165) is 0 Å². The summed E-state index contributed by atoms with van der Waals surface area (Å²) in [5, 5.41) is 8.18. The summed E-state index contributed by atoms with van der Waals surface area (Å²) in [6, 6.07) is 0. The zero-order chi connectivity index (χ0) is 8.04. The van der Waals surface area contributed by atoms with Gasteiger partial charge in [-0.15, -0.1) is 0 Å². The molecule has 5 nitrogen and oxygen atoms in total. The van der Waals surface area contributed by atoms with E-state index in [4.69, 9.17) is 10.8 Å². The van der Waals surface area contributed by atoms with Crippen LogP contribution in [0.1, 0.15) is 0 Å². The molecule has 0 radical (unpaired) electrons. The molecular weight excluding hydrogens is 181 g/mol. The topological polar surface area (TPSA) is 89.6 Å². The third kappa shape index (κ3) is 8.74. The van der Waals surface area contributed by atoms with Crippen LogP contribution >= 0.6 is 0 Å². The Kier molecular flexibility index (Phi) is 9.76. The van der Waals surface area contributed by atoms with E-state index in [2.05, 4.69) is 4.18 Å². The normalized spacial score (nSPS) is 10.7. The Morgan fingerprint density at radius 3 is 2.36 bits per heavy atom. The summed E-state index contributed by atoms with van der Waals surface area (Å²) in [5.41, 5.74) is 4.96. The first kappa shape index (κ1) is 14.4. The Bertz CT molecular complexity index is 169. The van der Waals surface area contributed by atoms with Gasteiger partial charge in [0.25, 0.3) is 10.1 Å². The molecule has 0 spiro atoms. The molecule has 0 saturated heterocycles. The number of hydrogen-bond donors (Lipinski definition) is 2. The molecule has 0 aliphatic carbocycles. The monoisotopic (exact) mass is 193 g/mol. The van der Waals surface area contributed by atoms with Crippen LogP contribution in [0.2, 0.25) is 0 Å². The van der Waals surface area contributed by atoms with Gasteiger partial charge < -0.3 is 10.8 Å². The van der Waals surface area contributed by atoms with E-state index in [-0.39, 0.29) is 55.1 Å². The van der Waals surface area contributed by atoms with Crippen molar-refractivity contribution < 1.29 is 17.7 Å². The quantitative estimate of drug-likeness (QED) is 0.376. The van der Waals surface area contributed by atoms with Gasteiger partial charge in [0, 0.05) is 6.54 Å². The second kappa shape index (κ2) is 7.48. The SMILES string of the molecule is NCCS(=O)(=O)OCCO.[NaH]. The number of aliphatic hydroxyl groups is 1. The summed E-state index contributed by atoms with van der Waals surface area (Å²) in [7, 11) is -3.48. The van der Waals surface area contributed by atoms with Crippen molar-refractivity contribution in [3.63, 3.8) is 0 Å². The van der Waals surface area contributed by atoms with E-state index in [0.29, 0.717) is 0 Å². The van der Waals surface area contributed by atoms with Crippen LogP contribution in [0.5, 0.6) is 0 Å². The molecule has 0 fully saturated rings. The maximum absolute atomic E-state index is 10.6. The third-order valence-corrected chi connectivity index (χ3v) is 1.98. The molecule has 0 aliphatic rings. The zero-order valence-corrected chi connectivity index (χ0v) is 6.30. The van der Waals surface area contributed by atoms with Gasteiger partial charge in [0.05, 0.1) is 19.0 Å². The minimum atomic E-state index is -3.48. The second-order valence-corrected chi connectivity index (χ2v) is 3.36. The summed E-state index contributed by atoms with van der Waals surface area (Å²) in [6.45, 7) is -0.458. The van der Waals surface area contributed by atoms with Crippen LogP contribution in [0.15, 0.2) is 0 Å². The van der Waals surface area contributed by atoms with Crippen molar-refractivity contribution in [2.45, 2.75) is 0 Å². The van der Waals surface area contributed by atoms with Crippen LogP contribution in [0.4, 0.5) is 0 Å². The Morgan fingerprint density at radius 1 is 1.45 bits per heavy atom. The molecule has 0 heterocycles. The van der Waals surface area contributed by atoms with Crippen molar-refractivity contribution in [1.29, 1.82) is 0 Å². The molecule has 11 heavy (non-hydrogen) atoms. The fraction of sp³-hybridized carbons (Fsp3) is 1.00. The van der Waals surface area contributed by atoms with E-state index in [1.54, 1.807) is 0 Å². The molecule has 0 saturated carbocycles. The van der Waals surface area contributed by atoms with E-state index in [9.17, 15) is 8.42 Å². The second-order valence-electron chi connectivity index (χ2n) is 1.60. The maximum atomic E-state index is 10.6.